The molecule has 0 radical (unpaired) electrons. The van der Waals surface area contributed by atoms with Crippen LogP contribution < -0.4 is 4.31 Å². The molecule has 0 aliphatic carbocycles. The first-order chi connectivity index (χ1) is 11.8. The highest BCUT2D eigenvalue weighted by atomic mass is 32.2. The molecule has 0 saturated carbocycles. The highest BCUT2D eigenvalue weighted by Gasteiger charge is 2.32. The minimum atomic E-state index is -3.48. The quantitative estimate of drug-likeness (QED) is 0.739. The van der Waals surface area contributed by atoms with E-state index in [2.05, 4.69) is 20.8 Å². The molecule has 0 bridgehead atoms. The lowest BCUT2D eigenvalue weighted by Crippen LogP contribution is -2.35. The molecule has 2 aromatic carbocycles. The van der Waals surface area contributed by atoms with Crippen LogP contribution in [-0.2, 0) is 25.9 Å². The molecule has 0 N–H and O–H groups in total. The highest BCUT2D eigenvalue weighted by molar-refractivity contribution is 7.92. The third kappa shape index (κ3) is 4.61. The second-order valence-electron chi connectivity index (χ2n) is 7.53. The lowest BCUT2D eigenvalue weighted by molar-refractivity contribution is 0.412. The predicted octanol–water partition coefficient (Wildman–Crippen LogP) is 3.72. The zero-order chi connectivity index (χ0) is 18.1. The van der Waals surface area contributed by atoms with Crippen LogP contribution in [0.15, 0.2) is 54.6 Å². The highest BCUT2D eigenvalue weighted by Crippen LogP contribution is 2.26. The van der Waals surface area contributed by atoms with Crippen molar-refractivity contribution >= 4 is 15.7 Å². The first kappa shape index (κ1) is 18.0. The SMILES string of the molecule is CC(C)(C)c1ccc(CS(=O)(=O)N(CC2CO2)c2ccccc2)cc1. The maximum Gasteiger partial charge on any atom is 0.239 e. The van der Waals surface area contributed by atoms with Crippen molar-refractivity contribution in [2.24, 2.45) is 0 Å². The molecule has 25 heavy (non-hydrogen) atoms. The number of anilines is 1. The molecular formula is C20H25NO3S. The van der Waals surface area contributed by atoms with Crippen LogP contribution in [0.4, 0.5) is 5.69 Å². The molecule has 1 heterocycles. The molecule has 0 spiro atoms. The molecule has 0 aromatic heterocycles. The van der Waals surface area contributed by atoms with E-state index < -0.39 is 10.0 Å². The summed E-state index contributed by atoms with van der Waals surface area (Å²) in [7, 11) is -3.48. The van der Waals surface area contributed by atoms with E-state index >= 15 is 0 Å². The van der Waals surface area contributed by atoms with Gasteiger partial charge >= 0.3 is 0 Å². The van der Waals surface area contributed by atoms with Crippen molar-refractivity contribution in [3.8, 4) is 0 Å². The molecule has 1 atom stereocenters. The van der Waals surface area contributed by atoms with E-state index in [-0.39, 0.29) is 17.3 Å². The Hall–Kier alpha value is -1.85. The summed E-state index contributed by atoms with van der Waals surface area (Å²) in [6, 6.07) is 17.1. The zero-order valence-electron chi connectivity index (χ0n) is 15.0. The van der Waals surface area contributed by atoms with E-state index in [0.717, 1.165) is 5.56 Å². The summed E-state index contributed by atoms with van der Waals surface area (Å²) in [4.78, 5) is 0. The van der Waals surface area contributed by atoms with Gasteiger partial charge in [0, 0.05) is 0 Å². The fourth-order valence-electron chi connectivity index (χ4n) is 2.72. The molecule has 1 aliphatic rings. The Morgan fingerprint density at radius 1 is 1.04 bits per heavy atom. The molecule has 1 saturated heterocycles. The van der Waals surface area contributed by atoms with Crippen LogP contribution in [-0.4, -0.2) is 27.7 Å². The third-order valence-corrected chi connectivity index (χ3v) is 6.05. The van der Waals surface area contributed by atoms with Crippen molar-refractivity contribution in [1.29, 1.82) is 0 Å². The van der Waals surface area contributed by atoms with E-state index in [1.54, 1.807) is 0 Å². The van der Waals surface area contributed by atoms with Crippen molar-refractivity contribution in [1.82, 2.24) is 0 Å². The summed E-state index contributed by atoms with van der Waals surface area (Å²) in [6.07, 6.45) is -0.00162. The van der Waals surface area contributed by atoms with Crippen molar-refractivity contribution in [3.63, 3.8) is 0 Å². The fraction of sp³-hybridized carbons (Fsp3) is 0.400. The number of ether oxygens (including phenoxy) is 1. The number of epoxide rings is 1. The smallest absolute Gasteiger partial charge is 0.239 e. The van der Waals surface area contributed by atoms with Gasteiger partial charge in [0.15, 0.2) is 0 Å². The Bertz CT molecular complexity index is 804. The lowest BCUT2D eigenvalue weighted by Gasteiger charge is -2.24. The van der Waals surface area contributed by atoms with Crippen molar-refractivity contribution in [2.45, 2.75) is 38.0 Å². The standard InChI is InChI=1S/C20H25NO3S/c1-20(2,3)17-11-9-16(10-12-17)15-25(22,23)21(13-19-14-24-19)18-7-5-4-6-8-18/h4-12,19H,13-15H2,1-3H3. The van der Waals surface area contributed by atoms with Gasteiger partial charge < -0.3 is 4.74 Å². The average molecular weight is 359 g/mol. The Morgan fingerprint density at radius 3 is 2.16 bits per heavy atom. The number of sulfonamides is 1. The minimum Gasteiger partial charge on any atom is -0.371 e. The van der Waals surface area contributed by atoms with Gasteiger partial charge in [-0.1, -0.05) is 63.2 Å². The number of para-hydroxylation sites is 1. The third-order valence-electron chi connectivity index (χ3n) is 4.32. The van der Waals surface area contributed by atoms with E-state index in [1.165, 1.54) is 9.87 Å². The summed E-state index contributed by atoms with van der Waals surface area (Å²) in [5, 5.41) is 0. The van der Waals surface area contributed by atoms with Crippen molar-refractivity contribution in [2.75, 3.05) is 17.5 Å². The minimum absolute atomic E-state index is 0.00162. The van der Waals surface area contributed by atoms with Gasteiger partial charge in [0.2, 0.25) is 10.0 Å². The normalized spacial score (nSPS) is 17.3. The molecule has 1 fully saturated rings. The van der Waals surface area contributed by atoms with Crippen LogP contribution in [0.1, 0.15) is 31.9 Å². The molecule has 4 nitrogen and oxygen atoms in total. The first-order valence-corrected chi connectivity index (χ1v) is 10.1. The van der Waals surface area contributed by atoms with Crippen molar-refractivity contribution in [3.05, 3.63) is 65.7 Å². The maximum absolute atomic E-state index is 13.0. The van der Waals surface area contributed by atoms with Crippen LogP contribution in [0.2, 0.25) is 0 Å². The van der Waals surface area contributed by atoms with Gasteiger partial charge in [-0.15, -0.1) is 0 Å². The van der Waals surface area contributed by atoms with Gasteiger partial charge in [-0.2, -0.15) is 0 Å². The molecule has 1 unspecified atom stereocenters. The lowest BCUT2D eigenvalue weighted by atomic mass is 9.87. The second kappa shape index (κ2) is 6.81. The largest absolute Gasteiger partial charge is 0.371 e. The van der Waals surface area contributed by atoms with Crippen LogP contribution in [0.5, 0.6) is 0 Å². The molecule has 3 rings (SSSR count). The summed E-state index contributed by atoms with van der Waals surface area (Å²) >= 11 is 0. The second-order valence-corrected chi connectivity index (χ2v) is 9.42. The molecule has 0 amide bonds. The number of hydrogen-bond donors (Lipinski definition) is 0. The summed E-state index contributed by atoms with van der Waals surface area (Å²) in [5.41, 5.74) is 2.73. The van der Waals surface area contributed by atoms with E-state index in [4.69, 9.17) is 4.74 Å². The van der Waals surface area contributed by atoms with Gasteiger partial charge in [0.05, 0.1) is 30.7 Å². The topological polar surface area (TPSA) is 49.9 Å². The van der Waals surface area contributed by atoms with Crippen LogP contribution in [0.3, 0.4) is 0 Å². The van der Waals surface area contributed by atoms with Gasteiger partial charge in [-0.25, -0.2) is 8.42 Å². The zero-order valence-corrected chi connectivity index (χ0v) is 15.8. The monoisotopic (exact) mass is 359 g/mol. The summed E-state index contributed by atoms with van der Waals surface area (Å²) < 4.78 is 32.8. The summed E-state index contributed by atoms with van der Waals surface area (Å²) in [5.74, 6) is -0.0148. The van der Waals surface area contributed by atoms with Crippen molar-refractivity contribution < 1.29 is 13.2 Å². The van der Waals surface area contributed by atoms with E-state index in [0.29, 0.717) is 18.8 Å². The average Bonchev–Trinajstić information content (AvgIpc) is 3.37. The van der Waals surface area contributed by atoms with Crippen LogP contribution in [0, 0.1) is 0 Å². The number of rotatable bonds is 6. The summed E-state index contributed by atoms with van der Waals surface area (Å²) in [6.45, 7) is 7.42. The predicted molar refractivity (Wildman–Crippen MR) is 101 cm³/mol. The number of hydrogen-bond acceptors (Lipinski definition) is 3. The Balaban J connectivity index is 1.83. The van der Waals surface area contributed by atoms with Gasteiger partial charge in [0.25, 0.3) is 0 Å². The van der Waals surface area contributed by atoms with Gasteiger partial charge in [-0.05, 0) is 28.7 Å². The van der Waals surface area contributed by atoms with Gasteiger partial charge in [-0.3, -0.25) is 4.31 Å². The fourth-order valence-corrected chi connectivity index (χ4v) is 4.33. The van der Waals surface area contributed by atoms with E-state index in [9.17, 15) is 8.42 Å². The van der Waals surface area contributed by atoms with Crippen LogP contribution in [0.25, 0.3) is 0 Å². The number of nitrogens with zero attached hydrogens (tertiary/aromatic N) is 1. The maximum atomic E-state index is 13.0. The molecule has 1 aliphatic heterocycles. The van der Waals surface area contributed by atoms with Gasteiger partial charge in [0.1, 0.15) is 0 Å². The number of benzene rings is 2. The Labute approximate surface area is 150 Å². The first-order valence-electron chi connectivity index (χ1n) is 8.52. The molecule has 134 valence electrons. The van der Waals surface area contributed by atoms with Crippen LogP contribution >= 0.6 is 0 Å². The molecule has 2 aromatic rings. The molecule has 5 heteroatoms. The molecular weight excluding hydrogens is 334 g/mol. The Kier molecular flexibility index (Phi) is 4.89. The van der Waals surface area contributed by atoms with E-state index in [1.807, 2.05) is 54.6 Å². The Morgan fingerprint density at radius 2 is 1.64 bits per heavy atom.